The number of benzene rings is 2. The van der Waals surface area contributed by atoms with E-state index in [0.717, 1.165) is 28.6 Å². The quantitative estimate of drug-likeness (QED) is 0.444. The molecule has 0 bridgehead atoms. The molecule has 0 atom stereocenters. The molecular weight excluding hydrogens is 513 g/mol. The summed E-state index contributed by atoms with van der Waals surface area (Å²) < 4.78 is 28.9. The van der Waals surface area contributed by atoms with Gasteiger partial charge in [-0.2, -0.15) is 4.31 Å². The molecule has 2 fully saturated rings. The van der Waals surface area contributed by atoms with Gasteiger partial charge >= 0.3 is 0 Å². The molecule has 5 rings (SSSR count). The average molecular weight is 545 g/mol. The van der Waals surface area contributed by atoms with Gasteiger partial charge in [0.15, 0.2) is 5.13 Å². The second-order valence-electron chi connectivity index (χ2n) is 9.54. The molecule has 0 aliphatic carbocycles. The number of sulfonamides is 1. The Labute approximate surface area is 221 Å². The molecule has 2 aliphatic heterocycles. The van der Waals surface area contributed by atoms with Crippen molar-refractivity contribution in [2.24, 2.45) is 5.92 Å². The Bertz CT molecular complexity index is 1320. The van der Waals surface area contributed by atoms with E-state index in [4.69, 9.17) is 4.98 Å². The van der Waals surface area contributed by atoms with E-state index in [1.54, 1.807) is 35.2 Å². The number of hydrogen-bond acceptors (Lipinski definition) is 7. The topological polar surface area (TPSA) is 73.8 Å². The summed E-state index contributed by atoms with van der Waals surface area (Å²) >= 11 is 3.32. The molecule has 36 heavy (non-hydrogen) atoms. The number of hydrogen-bond donors (Lipinski definition) is 0. The molecule has 1 amide bonds. The molecule has 0 saturated carbocycles. The van der Waals surface area contributed by atoms with Gasteiger partial charge in [-0.25, -0.2) is 13.4 Å². The lowest BCUT2D eigenvalue weighted by Crippen LogP contribution is -2.52. The SMILES string of the molecule is CSc1ccc(S(=O)(=O)N2CCC(C(=O)N3CCN(c4nc5c(C)ccc(C)c5s4)CC3)CC2)cc1. The van der Waals surface area contributed by atoms with Gasteiger partial charge in [0.05, 0.1) is 15.1 Å². The highest BCUT2D eigenvalue weighted by atomic mass is 32.2. The molecule has 0 spiro atoms. The van der Waals surface area contributed by atoms with Crippen molar-refractivity contribution >= 4 is 54.4 Å². The molecule has 7 nitrogen and oxygen atoms in total. The first kappa shape index (κ1) is 25.5. The molecule has 0 unspecified atom stereocenters. The lowest BCUT2D eigenvalue weighted by atomic mass is 9.96. The summed E-state index contributed by atoms with van der Waals surface area (Å²) in [6.45, 7) is 7.87. The summed E-state index contributed by atoms with van der Waals surface area (Å²) in [5.41, 5.74) is 3.52. The van der Waals surface area contributed by atoms with Crippen LogP contribution < -0.4 is 4.90 Å². The molecular formula is C26H32N4O3S3. The van der Waals surface area contributed by atoms with Gasteiger partial charge in [0.1, 0.15) is 0 Å². The standard InChI is InChI=1S/C26H32N4O3S3/c1-18-4-5-19(2)24-23(18)27-26(35-24)29-16-14-28(15-17-29)25(31)20-10-12-30(13-11-20)36(32,33)22-8-6-21(34-3)7-9-22/h4-9,20H,10-17H2,1-3H3. The van der Waals surface area contributed by atoms with E-state index in [1.807, 2.05) is 23.3 Å². The molecule has 192 valence electrons. The van der Waals surface area contributed by atoms with Crippen molar-refractivity contribution in [2.75, 3.05) is 50.4 Å². The van der Waals surface area contributed by atoms with Crippen LogP contribution in [-0.2, 0) is 14.8 Å². The zero-order valence-corrected chi connectivity index (χ0v) is 23.4. The number of piperazine rings is 1. The monoisotopic (exact) mass is 544 g/mol. The van der Waals surface area contributed by atoms with Gasteiger partial charge in [-0.1, -0.05) is 23.5 Å². The van der Waals surface area contributed by atoms with Crippen molar-refractivity contribution in [3.8, 4) is 0 Å². The Hall–Kier alpha value is -2.14. The highest BCUT2D eigenvalue weighted by molar-refractivity contribution is 7.98. The Balaban J connectivity index is 1.17. The highest BCUT2D eigenvalue weighted by Crippen LogP contribution is 2.34. The molecule has 2 aromatic carbocycles. The predicted molar refractivity (Wildman–Crippen MR) is 148 cm³/mol. The van der Waals surface area contributed by atoms with E-state index in [-0.39, 0.29) is 11.8 Å². The number of rotatable bonds is 5. The third-order valence-electron chi connectivity index (χ3n) is 7.29. The van der Waals surface area contributed by atoms with Crippen molar-refractivity contribution in [2.45, 2.75) is 36.5 Å². The fourth-order valence-electron chi connectivity index (χ4n) is 5.00. The van der Waals surface area contributed by atoms with Crippen LogP contribution >= 0.6 is 23.1 Å². The number of carbonyl (C=O) groups excluding carboxylic acids is 1. The fraction of sp³-hybridized carbons (Fsp3) is 0.462. The van der Waals surface area contributed by atoms with E-state index in [9.17, 15) is 13.2 Å². The number of nitrogens with zero attached hydrogens (tertiary/aromatic N) is 4. The second-order valence-corrected chi connectivity index (χ2v) is 13.3. The first-order valence-electron chi connectivity index (χ1n) is 12.3. The van der Waals surface area contributed by atoms with E-state index in [2.05, 4.69) is 30.9 Å². The van der Waals surface area contributed by atoms with Gasteiger partial charge < -0.3 is 9.80 Å². The lowest BCUT2D eigenvalue weighted by molar-refractivity contribution is -0.137. The molecule has 3 heterocycles. The molecule has 1 aromatic heterocycles. The third kappa shape index (κ3) is 4.88. The van der Waals surface area contributed by atoms with Crippen LogP contribution in [0.25, 0.3) is 10.2 Å². The molecule has 2 aliphatic rings. The van der Waals surface area contributed by atoms with Crippen molar-refractivity contribution < 1.29 is 13.2 Å². The molecule has 10 heteroatoms. The Morgan fingerprint density at radius 3 is 2.19 bits per heavy atom. The van der Waals surface area contributed by atoms with Crippen LogP contribution in [0.5, 0.6) is 0 Å². The smallest absolute Gasteiger partial charge is 0.243 e. The minimum Gasteiger partial charge on any atom is -0.345 e. The van der Waals surface area contributed by atoms with Gasteiger partial charge in [0.25, 0.3) is 0 Å². The largest absolute Gasteiger partial charge is 0.345 e. The summed E-state index contributed by atoms with van der Waals surface area (Å²) in [4.78, 5) is 23.7. The van der Waals surface area contributed by atoms with Crippen molar-refractivity contribution in [1.82, 2.24) is 14.2 Å². The lowest BCUT2D eigenvalue weighted by Gasteiger charge is -2.38. The maximum Gasteiger partial charge on any atom is 0.243 e. The van der Waals surface area contributed by atoms with Crippen molar-refractivity contribution in [3.63, 3.8) is 0 Å². The predicted octanol–water partition coefficient (Wildman–Crippen LogP) is 4.38. The normalized spacial score (nSPS) is 18.2. The summed E-state index contributed by atoms with van der Waals surface area (Å²) in [7, 11) is -3.53. The number of piperidine rings is 1. The minimum atomic E-state index is -3.53. The second kappa shape index (κ2) is 10.3. The summed E-state index contributed by atoms with van der Waals surface area (Å²) in [6.07, 6.45) is 3.10. The molecule has 2 saturated heterocycles. The van der Waals surface area contributed by atoms with Crippen LogP contribution in [0.15, 0.2) is 46.2 Å². The first-order chi connectivity index (χ1) is 17.3. The number of aryl methyl sites for hydroxylation is 2. The van der Waals surface area contributed by atoms with Gasteiger partial charge in [0.2, 0.25) is 15.9 Å². The fourth-order valence-corrected chi connectivity index (χ4v) is 8.04. The maximum atomic E-state index is 13.2. The van der Waals surface area contributed by atoms with Crippen LogP contribution in [0, 0.1) is 19.8 Å². The van der Waals surface area contributed by atoms with Gasteiger partial charge in [-0.05, 0) is 68.3 Å². The number of aromatic nitrogens is 1. The number of thioether (sulfide) groups is 1. The maximum absolute atomic E-state index is 13.2. The highest BCUT2D eigenvalue weighted by Gasteiger charge is 2.35. The van der Waals surface area contributed by atoms with Crippen LogP contribution in [0.3, 0.4) is 0 Å². The zero-order chi connectivity index (χ0) is 25.4. The zero-order valence-electron chi connectivity index (χ0n) is 20.9. The van der Waals surface area contributed by atoms with Gasteiger partial charge in [0, 0.05) is 50.1 Å². The molecule has 0 N–H and O–H groups in total. The average Bonchev–Trinajstić information content (AvgIpc) is 3.38. The Kier molecular flexibility index (Phi) is 7.31. The summed E-state index contributed by atoms with van der Waals surface area (Å²) in [5, 5.41) is 1.03. The number of anilines is 1. The number of amides is 1. The minimum absolute atomic E-state index is 0.116. The van der Waals surface area contributed by atoms with Crippen LogP contribution in [-0.4, -0.2) is 74.0 Å². The van der Waals surface area contributed by atoms with E-state index in [0.29, 0.717) is 43.9 Å². The van der Waals surface area contributed by atoms with Crippen molar-refractivity contribution in [3.05, 3.63) is 47.5 Å². The Morgan fingerprint density at radius 2 is 1.58 bits per heavy atom. The first-order valence-corrected chi connectivity index (χ1v) is 15.8. The third-order valence-corrected chi connectivity index (χ3v) is 11.2. The van der Waals surface area contributed by atoms with Crippen LogP contribution in [0.2, 0.25) is 0 Å². The van der Waals surface area contributed by atoms with E-state index >= 15 is 0 Å². The molecule has 3 aromatic rings. The summed E-state index contributed by atoms with van der Waals surface area (Å²) in [5.74, 6) is 0.0432. The van der Waals surface area contributed by atoms with Crippen molar-refractivity contribution in [1.29, 1.82) is 0 Å². The molecule has 0 radical (unpaired) electrons. The Morgan fingerprint density at radius 1 is 0.944 bits per heavy atom. The van der Waals surface area contributed by atoms with Crippen LogP contribution in [0.4, 0.5) is 5.13 Å². The van der Waals surface area contributed by atoms with E-state index < -0.39 is 10.0 Å². The summed E-state index contributed by atoms with van der Waals surface area (Å²) in [6, 6.07) is 11.3. The number of thiazole rings is 1. The number of fused-ring (bicyclic) bond motifs is 1. The van der Waals surface area contributed by atoms with E-state index in [1.165, 1.54) is 20.1 Å². The van der Waals surface area contributed by atoms with Gasteiger partial charge in [-0.3, -0.25) is 4.79 Å². The van der Waals surface area contributed by atoms with Gasteiger partial charge in [-0.15, -0.1) is 11.8 Å². The number of carbonyl (C=O) groups is 1. The van der Waals surface area contributed by atoms with Crippen LogP contribution in [0.1, 0.15) is 24.0 Å².